The van der Waals surface area contributed by atoms with Gasteiger partial charge < -0.3 is 16.0 Å². The fourth-order valence-corrected chi connectivity index (χ4v) is 2.33. The second kappa shape index (κ2) is 5.85. The molecule has 0 aromatic heterocycles. The Morgan fingerprint density at radius 2 is 1.95 bits per heavy atom. The molecule has 0 saturated carbocycles. The Labute approximate surface area is 125 Å². The molecule has 114 valence electrons. The van der Waals surface area contributed by atoms with Crippen LogP contribution in [0.15, 0.2) is 30.3 Å². The van der Waals surface area contributed by atoms with Crippen LogP contribution in [0.25, 0.3) is 0 Å². The summed E-state index contributed by atoms with van der Waals surface area (Å²) >= 11 is 0. The zero-order valence-corrected chi connectivity index (χ0v) is 12.8. The van der Waals surface area contributed by atoms with Gasteiger partial charge in [-0.25, -0.2) is 0 Å². The van der Waals surface area contributed by atoms with E-state index in [1.54, 1.807) is 4.90 Å². The van der Waals surface area contributed by atoms with Gasteiger partial charge in [0.1, 0.15) is 6.04 Å². The number of nitrogens with one attached hydrogen (secondary N) is 1. The summed E-state index contributed by atoms with van der Waals surface area (Å²) in [5.74, 6) is -0.341. The van der Waals surface area contributed by atoms with Crippen LogP contribution in [0.3, 0.4) is 0 Å². The average molecular weight is 289 g/mol. The van der Waals surface area contributed by atoms with E-state index in [1.165, 1.54) is 0 Å². The van der Waals surface area contributed by atoms with Gasteiger partial charge in [0, 0.05) is 12.2 Å². The molecule has 1 aliphatic heterocycles. The van der Waals surface area contributed by atoms with E-state index in [0.717, 1.165) is 5.69 Å². The summed E-state index contributed by atoms with van der Waals surface area (Å²) in [6.45, 7) is 6.33. The summed E-state index contributed by atoms with van der Waals surface area (Å²) in [5.41, 5.74) is 6.46. The lowest BCUT2D eigenvalue weighted by Gasteiger charge is -2.27. The van der Waals surface area contributed by atoms with E-state index in [9.17, 15) is 9.59 Å². The number of nitrogens with two attached hydrogens (primary N) is 1. The Balaban J connectivity index is 2.01. The minimum atomic E-state index is -0.629. The number of amides is 2. The minimum Gasteiger partial charge on any atom is -0.343 e. The normalized spacial score (nSPS) is 20.5. The molecular weight excluding hydrogens is 266 g/mol. The molecule has 2 atom stereocenters. The second-order valence-corrected chi connectivity index (χ2v) is 6.52. The van der Waals surface area contributed by atoms with Gasteiger partial charge in [-0.1, -0.05) is 39.0 Å². The molecule has 0 radical (unpaired) electrons. The van der Waals surface area contributed by atoms with E-state index in [0.29, 0.717) is 13.0 Å². The van der Waals surface area contributed by atoms with Gasteiger partial charge in [-0.2, -0.15) is 0 Å². The third-order valence-electron chi connectivity index (χ3n) is 3.81. The number of carbonyl (C=O) groups excluding carboxylic acids is 2. The highest BCUT2D eigenvalue weighted by atomic mass is 16.2. The second-order valence-electron chi connectivity index (χ2n) is 6.52. The summed E-state index contributed by atoms with van der Waals surface area (Å²) in [7, 11) is 0. The maximum Gasteiger partial charge on any atom is 0.249 e. The van der Waals surface area contributed by atoms with Crippen molar-refractivity contribution in [3.63, 3.8) is 0 Å². The van der Waals surface area contributed by atoms with Gasteiger partial charge in [-0.3, -0.25) is 9.59 Å². The van der Waals surface area contributed by atoms with Crippen molar-refractivity contribution in [3.8, 4) is 0 Å². The molecule has 1 aromatic carbocycles. The van der Waals surface area contributed by atoms with Crippen LogP contribution in [0.1, 0.15) is 27.2 Å². The summed E-state index contributed by atoms with van der Waals surface area (Å²) in [6.07, 6.45) is 0.607. The first-order chi connectivity index (χ1) is 9.80. The predicted molar refractivity (Wildman–Crippen MR) is 82.8 cm³/mol. The summed E-state index contributed by atoms with van der Waals surface area (Å²) in [4.78, 5) is 26.2. The number of hydrogen-bond donors (Lipinski definition) is 2. The standard InChI is InChI=1S/C16H23N3O2/c1-16(2,3)13(17)14(20)18-12-9-10-19(15(12)21)11-7-5-4-6-8-11/h4-8,12-13H,9-10,17H2,1-3H3,(H,18,20)/t12?,13-/m1/s1. The molecule has 1 heterocycles. The van der Waals surface area contributed by atoms with Crippen LogP contribution < -0.4 is 16.0 Å². The number of carbonyl (C=O) groups is 2. The van der Waals surface area contributed by atoms with Crippen LogP contribution in [0, 0.1) is 5.41 Å². The van der Waals surface area contributed by atoms with Gasteiger partial charge in [0.2, 0.25) is 11.8 Å². The van der Waals surface area contributed by atoms with E-state index in [4.69, 9.17) is 5.73 Å². The van der Waals surface area contributed by atoms with Crippen molar-refractivity contribution >= 4 is 17.5 Å². The largest absolute Gasteiger partial charge is 0.343 e. The average Bonchev–Trinajstić information content (AvgIpc) is 2.79. The van der Waals surface area contributed by atoms with E-state index in [1.807, 2.05) is 51.1 Å². The third-order valence-corrected chi connectivity index (χ3v) is 3.81. The molecule has 1 fully saturated rings. The molecule has 5 heteroatoms. The molecule has 0 aliphatic carbocycles. The fraction of sp³-hybridized carbons (Fsp3) is 0.500. The lowest BCUT2D eigenvalue weighted by atomic mass is 9.87. The van der Waals surface area contributed by atoms with Crippen molar-refractivity contribution in [2.24, 2.45) is 11.1 Å². The van der Waals surface area contributed by atoms with Crippen LogP contribution in [0.4, 0.5) is 5.69 Å². The highest BCUT2D eigenvalue weighted by Crippen LogP contribution is 2.22. The molecule has 0 spiro atoms. The first kappa shape index (κ1) is 15.5. The number of anilines is 1. The van der Waals surface area contributed by atoms with E-state index in [2.05, 4.69) is 5.32 Å². The Kier molecular flexibility index (Phi) is 4.32. The van der Waals surface area contributed by atoms with Crippen molar-refractivity contribution in [2.45, 2.75) is 39.3 Å². The topological polar surface area (TPSA) is 75.4 Å². The van der Waals surface area contributed by atoms with Crippen molar-refractivity contribution in [1.82, 2.24) is 5.32 Å². The minimum absolute atomic E-state index is 0.0735. The monoisotopic (exact) mass is 289 g/mol. The molecule has 1 saturated heterocycles. The van der Waals surface area contributed by atoms with Crippen molar-refractivity contribution in [2.75, 3.05) is 11.4 Å². The van der Waals surface area contributed by atoms with Gasteiger partial charge in [0.25, 0.3) is 0 Å². The fourth-order valence-electron chi connectivity index (χ4n) is 2.33. The van der Waals surface area contributed by atoms with Crippen molar-refractivity contribution < 1.29 is 9.59 Å². The van der Waals surface area contributed by atoms with Gasteiger partial charge >= 0.3 is 0 Å². The molecule has 3 N–H and O–H groups in total. The SMILES string of the molecule is CC(C)(C)[C@H](N)C(=O)NC1CCN(c2ccccc2)C1=O. The molecule has 21 heavy (non-hydrogen) atoms. The number of rotatable bonds is 3. The van der Waals surface area contributed by atoms with Crippen LogP contribution in [0.2, 0.25) is 0 Å². The lowest BCUT2D eigenvalue weighted by molar-refractivity contribution is -0.128. The van der Waals surface area contributed by atoms with Gasteiger partial charge in [-0.05, 0) is 24.0 Å². The summed E-state index contributed by atoms with van der Waals surface area (Å²) in [5, 5.41) is 2.78. The zero-order valence-electron chi connectivity index (χ0n) is 12.8. The quantitative estimate of drug-likeness (QED) is 0.880. The molecule has 1 unspecified atom stereocenters. The summed E-state index contributed by atoms with van der Waals surface area (Å²) < 4.78 is 0. The third kappa shape index (κ3) is 3.42. The number of nitrogens with zero attached hydrogens (tertiary/aromatic N) is 1. The Hall–Kier alpha value is -1.88. The van der Waals surface area contributed by atoms with E-state index in [-0.39, 0.29) is 17.2 Å². The molecule has 2 rings (SSSR count). The Bertz CT molecular complexity index is 522. The Morgan fingerprint density at radius 3 is 2.52 bits per heavy atom. The Morgan fingerprint density at radius 1 is 1.33 bits per heavy atom. The summed E-state index contributed by atoms with van der Waals surface area (Å²) in [6, 6.07) is 8.37. The molecular formula is C16H23N3O2. The molecule has 2 amide bonds. The smallest absolute Gasteiger partial charge is 0.249 e. The first-order valence-corrected chi connectivity index (χ1v) is 7.23. The maximum absolute atomic E-state index is 12.4. The number of hydrogen-bond acceptors (Lipinski definition) is 3. The van der Waals surface area contributed by atoms with Crippen LogP contribution in [-0.2, 0) is 9.59 Å². The first-order valence-electron chi connectivity index (χ1n) is 7.23. The van der Waals surface area contributed by atoms with Crippen LogP contribution >= 0.6 is 0 Å². The molecule has 5 nitrogen and oxygen atoms in total. The highest BCUT2D eigenvalue weighted by Gasteiger charge is 2.36. The van der Waals surface area contributed by atoms with Crippen molar-refractivity contribution in [3.05, 3.63) is 30.3 Å². The van der Waals surface area contributed by atoms with Gasteiger partial charge in [-0.15, -0.1) is 0 Å². The lowest BCUT2D eigenvalue weighted by Crippen LogP contribution is -2.53. The molecule has 0 bridgehead atoms. The molecule has 1 aliphatic rings. The highest BCUT2D eigenvalue weighted by molar-refractivity contribution is 6.01. The van der Waals surface area contributed by atoms with Gasteiger partial charge in [0.05, 0.1) is 6.04 Å². The van der Waals surface area contributed by atoms with Crippen LogP contribution in [0.5, 0.6) is 0 Å². The predicted octanol–water partition coefficient (Wildman–Crippen LogP) is 1.28. The molecule has 1 aromatic rings. The van der Waals surface area contributed by atoms with Crippen LogP contribution in [-0.4, -0.2) is 30.4 Å². The van der Waals surface area contributed by atoms with E-state index >= 15 is 0 Å². The van der Waals surface area contributed by atoms with Crippen molar-refractivity contribution in [1.29, 1.82) is 0 Å². The van der Waals surface area contributed by atoms with E-state index < -0.39 is 12.1 Å². The number of benzene rings is 1. The van der Waals surface area contributed by atoms with Gasteiger partial charge in [0.15, 0.2) is 0 Å². The maximum atomic E-state index is 12.4. The zero-order chi connectivity index (χ0) is 15.6. The number of para-hydroxylation sites is 1.